The number of nitrogens with two attached hydrogens (primary N) is 1. The molecule has 1 atom stereocenters. The van der Waals surface area contributed by atoms with Crippen LogP contribution in [0.4, 0.5) is 11.6 Å². The van der Waals surface area contributed by atoms with Crippen LogP contribution >= 0.6 is 33.8 Å². The quantitative estimate of drug-likeness (QED) is 0.317. The molecule has 0 aromatic carbocycles. The van der Waals surface area contributed by atoms with Crippen LogP contribution in [0, 0.1) is 0 Å². The maximum absolute atomic E-state index is 13.2. The van der Waals surface area contributed by atoms with Crippen molar-refractivity contribution in [2.24, 2.45) is 0 Å². The summed E-state index contributed by atoms with van der Waals surface area (Å²) in [7, 11) is -2.61. The number of rotatable bonds is 4. The van der Waals surface area contributed by atoms with Crippen LogP contribution < -0.4 is 16.0 Å². The van der Waals surface area contributed by atoms with E-state index in [2.05, 4.69) is 20.5 Å². The standard InChI is InChI=1S/C20H22Cl2N8O3S/c1-11(26-19(31)15-17(23)27-29-4-2-3-24-18(15)29)12-9-13(21)16-14(22)10-25-30(16)20(12)28-5-7-34(32,33)8-6-28/h2-4,9-11,32-33H,5-8H2,1H3,(H2,23,27)(H,26,31). The topological polar surface area (TPSA) is 146 Å². The monoisotopic (exact) mass is 524 g/mol. The highest BCUT2D eigenvalue weighted by Gasteiger charge is 2.30. The average molecular weight is 525 g/mol. The number of hydrogen-bond donors (Lipinski definition) is 4. The Labute approximate surface area is 205 Å². The second-order valence-corrected chi connectivity index (χ2v) is 11.3. The molecular weight excluding hydrogens is 503 g/mol. The van der Waals surface area contributed by atoms with E-state index in [9.17, 15) is 13.9 Å². The van der Waals surface area contributed by atoms with E-state index in [0.29, 0.717) is 45.7 Å². The fourth-order valence-corrected chi connectivity index (χ4v) is 5.94. The van der Waals surface area contributed by atoms with Gasteiger partial charge in [0.1, 0.15) is 16.9 Å². The van der Waals surface area contributed by atoms with Crippen LogP contribution in [0.3, 0.4) is 0 Å². The van der Waals surface area contributed by atoms with Crippen molar-refractivity contribution in [3.05, 3.63) is 51.9 Å². The number of nitrogens with one attached hydrogen (secondary N) is 1. The number of amides is 1. The predicted molar refractivity (Wildman–Crippen MR) is 133 cm³/mol. The molecule has 4 aromatic rings. The predicted octanol–water partition coefficient (Wildman–Crippen LogP) is 3.33. The average Bonchev–Trinajstić information content (AvgIpc) is 3.33. The first kappa shape index (κ1) is 23.0. The normalized spacial score (nSPS) is 17.7. The summed E-state index contributed by atoms with van der Waals surface area (Å²) in [6.07, 6.45) is 4.72. The van der Waals surface area contributed by atoms with Crippen molar-refractivity contribution in [2.75, 3.05) is 35.2 Å². The number of aromatic nitrogens is 5. The van der Waals surface area contributed by atoms with Crippen molar-refractivity contribution in [1.29, 1.82) is 0 Å². The van der Waals surface area contributed by atoms with E-state index in [1.807, 2.05) is 11.8 Å². The molecule has 5 N–H and O–H groups in total. The van der Waals surface area contributed by atoms with Crippen LogP contribution in [0.15, 0.2) is 30.7 Å². The Morgan fingerprint density at radius 1 is 1.26 bits per heavy atom. The Hall–Kier alpha value is -2.77. The van der Waals surface area contributed by atoms with E-state index in [1.165, 1.54) is 10.7 Å². The highest BCUT2D eigenvalue weighted by atomic mass is 35.5. The minimum atomic E-state index is -2.61. The number of anilines is 2. The molecule has 34 heavy (non-hydrogen) atoms. The summed E-state index contributed by atoms with van der Waals surface area (Å²) in [5, 5.41) is 12.3. The molecule has 0 aliphatic carbocycles. The Bertz CT molecular complexity index is 1410. The van der Waals surface area contributed by atoms with Gasteiger partial charge in [0.25, 0.3) is 5.91 Å². The fourth-order valence-electron chi connectivity index (χ4n) is 4.14. The number of nitrogen functional groups attached to an aromatic ring is 1. The van der Waals surface area contributed by atoms with Gasteiger partial charge in [-0.1, -0.05) is 23.2 Å². The zero-order valence-electron chi connectivity index (χ0n) is 18.0. The molecule has 180 valence electrons. The second-order valence-electron chi connectivity index (χ2n) is 8.06. The lowest BCUT2D eigenvalue weighted by atomic mass is 10.1. The minimum absolute atomic E-state index is 0.0669. The summed E-state index contributed by atoms with van der Waals surface area (Å²) in [6.45, 7) is 2.61. The highest BCUT2D eigenvalue weighted by molar-refractivity contribution is 8.24. The smallest absolute Gasteiger partial charge is 0.259 e. The van der Waals surface area contributed by atoms with E-state index in [1.54, 1.807) is 29.0 Å². The molecule has 1 saturated heterocycles. The molecule has 0 saturated carbocycles. The summed E-state index contributed by atoms with van der Waals surface area (Å²) in [5.74, 6) is 0.762. The van der Waals surface area contributed by atoms with Crippen LogP contribution in [0.25, 0.3) is 11.2 Å². The fraction of sp³-hybridized carbons (Fsp3) is 0.300. The van der Waals surface area contributed by atoms with Gasteiger partial charge in [-0.25, -0.2) is 14.0 Å². The van der Waals surface area contributed by atoms with Crippen molar-refractivity contribution >= 4 is 62.5 Å². The summed E-state index contributed by atoms with van der Waals surface area (Å²) in [5.41, 5.74) is 7.75. The van der Waals surface area contributed by atoms with Crippen LogP contribution in [0.5, 0.6) is 0 Å². The zero-order chi connectivity index (χ0) is 24.2. The Kier molecular flexibility index (Phi) is 5.73. The minimum Gasteiger partial charge on any atom is -0.381 e. The number of nitrogens with zero attached hydrogens (tertiary/aromatic N) is 6. The maximum Gasteiger partial charge on any atom is 0.259 e. The Morgan fingerprint density at radius 2 is 2.00 bits per heavy atom. The summed E-state index contributed by atoms with van der Waals surface area (Å²) in [4.78, 5) is 19.4. The van der Waals surface area contributed by atoms with Gasteiger partial charge in [0.05, 0.1) is 33.8 Å². The molecule has 1 aliphatic heterocycles. The van der Waals surface area contributed by atoms with Crippen molar-refractivity contribution in [3.8, 4) is 0 Å². The first-order chi connectivity index (χ1) is 16.2. The molecule has 0 radical (unpaired) electrons. The van der Waals surface area contributed by atoms with Crippen LogP contribution in [-0.4, -0.2) is 63.8 Å². The summed E-state index contributed by atoms with van der Waals surface area (Å²) < 4.78 is 23.2. The van der Waals surface area contributed by atoms with E-state index in [0.717, 1.165) is 0 Å². The van der Waals surface area contributed by atoms with Gasteiger partial charge in [-0.15, -0.1) is 5.10 Å². The third-order valence-corrected chi connectivity index (χ3v) is 8.07. The van der Waals surface area contributed by atoms with Gasteiger partial charge in [-0.05, 0) is 19.1 Å². The third-order valence-electron chi connectivity index (χ3n) is 5.83. The van der Waals surface area contributed by atoms with Crippen LogP contribution in [0.1, 0.15) is 28.9 Å². The molecule has 0 bridgehead atoms. The molecule has 1 fully saturated rings. The molecule has 14 heteroatoms. The van der Waals surface area contributed by atoms with Crippen molar-refractivity contribution in [2.45, 2.75) is 13.0 Å². The van der Waals surface area contributed by atoms with E-state index in [-0.39, 0.29) is 22.9 Å². The van der Waals surface area contributed by atoms with Gasteiger partial charge in [0.15, 0.2) is 11.5 Å². The zero-order valence-corrected chi connectivity index (χ0v) is 20.3. The molecule has 4 aromatic heterocycles. The Morgan fingerprint density at radius 3 is 2.74 bits per heavy atom. The van der Waals surface area contributed by atoms with Gasteiger partial charge in [0, 0.05) is 31.0 Å². The highest BCUT2D eigenvalue weighted by Crippen LogP contribution is 2.43. The van der Waals surface area contributed by atoms with Crippen molar-refractivity contribution < 1.29 is 13.9 Å². The molecule has 11 nitrogen and oxygen atoms in total. The molecular formula is C20H22Cl2N8O3S. The van der Waals surface area contributed by atoms with Crippen LogP contribution in [-0.2, 0) is 0 Å². The van der Waals surface area contributed by atoms with Crippen molar-refractivity contribution in [1.82, 2.24) is 29.5 Å². The molecule has 5 rings (SSSR count). The number of hydrogen-bond acceptors (Lipinski definition) is 8. The SMILES string of the molecule is CC(NC(=O)c1c(N)nn2cccnc12)c1cc(Cl)c2c(Cl)cnn2c1N1CCS(O)(O)CC1. The molecule has 0 spiro atoms. The number of fused-ring (bicyclic) bond motifs is 2. The summed E-state index contributed by atoms with van der Waals surface area (Å²) >= 11 is 12.9. The van der Waals surface area contributed by atoms with E-state index < -0.39 is 22.5 Å². The van der Waals surface area contributed by atoms with Gasteiger partial charge in [-0.3, -0.25) is 13.9 Å². The Balaban J connectivity index is 1.55. The lowest BCUT2D eigenvalue weighted by Gasteiger charge is -2.42. The number of carbonyl (C=O) groups is 1. The number of pyridine rings is 1. The van der Waals surface area contributed by atoms with Crippen LogP contribution in [0.2, 0.25) is 10.0 Å². The molecule has 5 heterocycles. The first-order valence-electron chi connectivity index (χ1n) is 10.4. The largest absolute Gasteiger partial charge is 0.381 e. The lowest BCUT2D eigenvalue weighted by molar-refractivity contribution is 0.0942. The number of carbonyl (C=O) groups excluding carboxylic acids is 1. The van der Waals surface area contributed by atoms with Gasteiger partial charge >= 0.3 is 0 Å². The van der Waals surface area contributed by atoms with E-state index in [4.69, 9.17) is 28.9 Å². The molecule has 1 amide bonds. The summed E-state index contributed by atoms with van der Waals surface area (Å²) in [6, 6.07) is 2.92. The maximum atomic E-state index is 13.2. The van der Waals surface area contributed by atoms with Gasteiger partial charge in [0.2, 0.25) is 0 Å². The third kappa shape index (κ3) is 3.91. The lowest BCUT2D eigenvalue weighted by Crippen LogP contribution is -2.40. The molecule has 1 aliphatic rings. The first-order valence-corrected chi connectivity index (χ1v) is 13.0. The molecule has 1 unspecified atom stereocenters. The van der Waals surface area contributed by atoms with Gasteiger partial charge in [-0.2, -0.15) is 15.7 Å². The van der Waals surface area contributed by atoms with Gasteiger partial charge < -0.3 is 16.0 Å². The van der Waals surface area contributed by atoms with E-state index >= 15 is 0 Å². The second kappa shape index (κ2) is 8.47. The number of halogens is 2. The van der Waals surface area contributed by atoms with Crippen molar-refractivity contribution in [3.63, 3.8) is 0 Å².